The number of halogens is 1. The summed E-state index contributed by atoms with van der Waals surface area (Å²) in [5.41, 5.74) is 2.28. The molecule has 1 aromatic carbocycles. The Labute approximate surface area is 127 Å². The van der Waals surface area contributed by atoms with Gasteiger partial charge in [-0.25, -0.2) is 4.39 Å². The lowest BCUT2D eigenvalue weighted by Crippen LogP contribution is -2.29. The van der Waals surface area contributed by atoms with E-state index in [9.17, 15) is 9.18 Å². The summed E-state index contributed by atoms with van der Waals surface area (Å²) in [6.07, 6.45) is 4.43. The van der Waals surface area contributed by atoms with E-state index < -0.39 is 0 Å². The van der Waals surface area contributed by atoms with E-state index in [2.05, 4.69) is 26.9 Å². The molecule has 0 saturated carbocycles. The molecule has 0 spiro atoms. The molecule has 0 unspecified atom stereocenters. The quantitative estimate of drug-likeness (QED) is 0.755. The third-order valence-corrected chi connectivity index (χ3v) is 3.66. The van der Waals surface area contributed by atoms with E-state index in [0.29, 0.717) is 23.4 Å². The molecular weight excluding hydrogens is 283 g/mol. The van der Waals surface area contributed by atoms with Crippen LogP contribution in [0.3, 0.4) is 0 Å². The summed E-state index contributed by atoms with van der Waals surface area (Å²) < 4.78 is 13.9. The summed E-state index contributed by atoms with van der Waals surface area (Å²) in [7, 11) is 0. The molecule has 5 nitrogen and oxygen atoms in total. The van der Waals surface area contributed by atoms with Gasteiger partial charge in [-0.2, -0.15) is 5.10 Å². The number of aromatic nitrogens is 2. The fraction of sp³-hybridized carbons (Fsp3) is 0.250. The number of hydrogen-bond donors (Lipinski definition) is 3. The summed E-state index contributed by atoms with van der Waals surface area (Å²) in [5.74, 6) is -0.645. The van der Waals surface area contributed by atoms with Crippen molar-refractivity contribution >= 4 is 5.91 Å². The Morgan fingerprint density at radius 3 is 3.00 bits per heavy atom. The highest BCUT2D eigenvalue weighted by atomic mass is 19.1. The van der Waals surface area contributed by atoms with Gasteiger partial charge in [-0.15, -0.1) is 0 Å². The average Bonchev–Trinajstić information content (AvgIpc) is 3.03. The maximum atomic E-state index is 13.9. The standard InChI is InChI=1S/C16H17FN4O/c17-14-4-2-1-3-12(14)15-13(10-20-21-15)16(22)19-9-11-5-7-18-8-6-11/h1-5,10,18H,6-9H2,(H,19,22)(H,20,21). The van der Waals surface area contributed by atoms with E-state index >= 15 is 0 Å². The smallest absolute Gasteiger partial charge is 0.255 e. The third-order valence-electron chi connectivity index (χ3n) is 3.66. The van der Waals surface area contributed by atoms with Crippen molar-refractivity contribution in [2.24, 2.45) is 0 Å². The number of aromatic amines is 1. The van der Waals surface area contributed by atoms with Crippen LogP contribution in [0.25, 0.3) is 11.3 Å². The summed E-state index contributed by atoms with van der Waals surface area (Å²) >= 11 is 0. The van der Waals surface area contributed by atoms with Gasteiger partial charge in [0.25, 0.3) is 5.91 Å². The van der Waals surface area contributed by atoms with Crippen molar-refractivity contribution in [2.75, 3.05) is 19.6 Å². The Morgan fingerprint density at radius 2 is 2.23 bits per heavy atom. The van der Waals surface area contributed by atoms with Crippen LogP contribution in [0.2, 0.25) is 0 Å². The molecule has 114 valence electrons. The van der Waals surface area contributed by atoms with Crippen molar-refractivity contribution in [3.05, 3.63) is 53.5 Å². The minimum Gasteiger partial charge on any atom is -0.348 e. The van der Waals surface area contributed by atoms with Crippen LogP contribution in [-0.2, 0) is 0 Å². The molecule has 0 atom stereocenters. The molecule has 2 heterocycles. The van der Waals surface area contributed by atoms with Crippen molar-refractivity contribution < 1.29 is 9.18 Å². The van der Waals surface area contributed by atoms with E-state index in [-0.39, 0.29) is 11.7 Å². The van der Waals surface area contributed by atoms with Gasteiger partial charge in [0.1, 0.15) is 5.82 Å². The molecular formula is C16H17FN4O. The van der Waals surface area contributed by atoms with Crippen LogP contribution in [0.5, 0.6) is 0 Å². The molecule has 6 heteroatoms. The first-order valence-electron chi connectivity index (χ1n) is 7.21. The number of nitrogens with one attached hydrogen (secondary N) is 3. The first kappa shape index (κ1) is 14.5. The predicted octanol–water partition coefficient (Wildman–Crippen LogP) is 1.87. The number of hydrogen-bond acceptors (Lipinski definition) is 3. The number of H-pyrrole nitrogens is 1. The molecule has 1 aromatic heterocycles. The average molecular weight is 300 g/mol. The van der Waals surface area contributed by atoms with E-state index in [4.69, 9.17) is 0 Å². The van der Waals surface area contributed by atoms with Crippen molar-refractivity contribution in [2.45, 2.75) is 6.42 Å². The van der Waals surface area contributed by atoms with Crippen LogP contribution < -0.4 is 10.6 Å². The highest BCUT2D eigenvalue weighted by molar-refractivity contribution is 5.99. The molecule has 1 aliphatic rings. The Hall–Kier alpha value is -2.47. The lowest BCUT2D eigenvalue weighted by molar-refractivity contribution is 0.0957. The van der Waals surface area contributed by atoms with Crippen LogP contribution in [0.4, 0.5) is 4.39 Å². The maximum Gasteiger partial charge on any atom is 0.255 e. The second-order valence-corrected chi connectivity index (χ2v) is 5.14. The zero-order chi connectivity index (χ0) is 15.4. The van der Waals surface area contributed by atoms with E-state index in [1.165, 1.54) is 17.8 Å². The molecule has 0 aliphatic carbocycles. The second kappa shape index (κ2) is 6.53. The minimum absolute atomic E-state index is 0.258. The molecule has 2 aromatic rings. The van der Waals surface area contributed by atoms with Crippen LogP contribution >= 0.6 is 0 Å². The largest absolute Gasteiger partial charge is 0.348 e. The number of nitrogens with zero attached hydrogens (tertiary/aromatic N) is 1. The van der Waals surface area contributed by atoms with Crippen molar-refractivity contribution in [1.29, 1.82) is 0 Å². The summed E-state index contributed by atoms with van der Waals surface area (Å²) in [6.45, 7) is 2.26. The van der Waals surface area contributed by atoms with Gasteiger partial charge >= 0.3 is 0 Å². The normalized spacial score (nSPS) is 14.5. The van der Waals surface area contributed by atoms with E-state index in [0.717, 1.165) is 19.5 Å². The zero-order valence-corrected chi connectivity index (χ0v) is 12.0. The lowest BCUT2D eigenvalue weighted by Gasteiger charge is -2.14. The van der Waals surface area contributed by atoms with Gasteiger partial charge in [-0.05, 0) is 25.1 Å². The van der Waals surface area contributed by atoms with Crippen LogP contribution in [0, 0.1) is 5.82 Å². The molecule has 0 saturated heterocycles. The van der Waals surface area contributed by atoms with Crippen LogP contribution in [0.15, 0.2) is 42.1 Å². The topological polar surface area (TPSA) is 69.8 Å². The fourth-order valence-electron chi connectivity index (χ4n) is 2.45. The SMILES string of the molecule is O=C(NCC1=CCNCC1)c1cn[nH]c1-c1ccccc1F. The van der Waals surface area contributed by atoms with Gasteiger partial charge in [-0.3, -0.25) is 9.89 Å². The molecule has 1 aliphatic heterocycles. The van der Waals surface area contributed by atoms with Crippen molar-refractivity contribution in [3.8, 4) is 11.3 Å². The van der Waals surface area contributed by atoms with Crippen molar-refractivity contribution in [1.82, 2.24) is 20.8 Å². The fourth-order valence-corrected chi connectivity index (χ4v) is 2.45. The molecule has 1 amide bonds. The predicted molar refractivity (Wildman–Crippen MR) is 81.9 cm³/mol. The monoisotopic (exact) mass is 300 g/mol. The molecule has 3 N–H and O–H groups in total. The van der Waals surface area contributed by atoms with Gasteiger partial charge in [0.15, 0.2) is 0 Å². The minimum atomic E-state index is -0.387. The van der Waals surface area contributed by atoms with Crippen LogP contribution in [-0.4, -0.2) is 35.7 Å². The molecule has 0 bridgehead atoms. The summed E-state index contributed by atoms with van der Waals surface area (Å²) in [6, 6.07) is 6.31. The molecule has 3 rings (SSSR count). The number of carbonyl (C=O) groups excluding carboxylic acids is 1. The van der Waals surface area contributed by atoms with Gasteiger partial charge < -0.3 is 10.6 Å². The molecule has 0 fully saturated rings. The Balaban J connectivity index is 1.75. The van der Waals surface area contributed by atoms with E-state index in [1.807, 2.05) is 0 Å². The van der Waals surface area contributed by atoms with E-state index in [1.54, 1.807) is 18.2 Å². The second-order valence-electron chi connectivity index (χ2n) is 5.14. The Kier molecular flexibility index (Phi) is 4.29. The van der Waals surface area contributed by atoms with Crippen LogP contribution in [0.1, 0.15) is 16.8 Å². The summed E-state index contributed by atoms with van der Waals surface area (Å²) in [4.78, 5) is 12.3. The van der Waals surface area contributed by atoms with Gasteiger partial charge in [0.05, 0.1) is 17.5 Å². The van der Waals surface area contributed by atoms with Crippen molar-refractivity contribution in [3.63, 3.8) is 0 Å². The first-order valence-corrected chi connectivity index (χ1v) is 7.21. The molecule has 0 radical (unpaired) electrons. The van der Waals surface area contributed by atoms with Gasteiger partial charge in [0.2, 0.25) is 0 Å². The van der Waals surface area contributed by atoms with Gasteiger partial charge in [-0.1, -0.05) is 23.8 Å². The molecule has 22 heavy (non-hydrogen) atoms. The number of carbonyl (C=O) groups is 1. The number of amides is 1. The first-order chi connectivity index (χ1) is 10.8. The number of benzene rings is 1. The zero-order valence-electron chi connectivity index (χ0n) is 12.0. The summed E-state index contributed by atoms with van der Waals surface area (Å²) in [5, 5.41) is 12.7. The highest BCUT2D eigenvalue weighted by Gasteiger charge is 2.17. The lowest BCUT2D eigenvalue weighted by atomic mass is 10.1. The maximum absolute atomic E-state index is 13.9. The number of rotatable bonds is 4. The third kappa shape index (κ3) is 3.07. The highest BCUT2D eigenvalue weighted by Crippen LogP contribution is 2.23. The Bertz CT molecular complexity index is 708. The van der Waals surface area contributed by atoms with Gasteiger partial charge in [0, 0.05) is 18.7 Å². The Morgan fingerprint density at radius 1 is 1.36 bits per heavy atom.